The smallest absolute Gasteiger partial charge is 0.381 e. The lowest BCUT2D eigenvalue weighted by Gasteiger charge is -2.02. The lowest BCUT2D eigenvalue weighted by molar-refractivity contribution is 0.0662. The van der Waals surface area contributed by atoms with Crippen LogP contribution in [0.1, 0.15) is 20.7 Å². The Hall–Kier alpha value is -1.45. The first-order valence-electron chi connectivity index (χ1n) is 3.71. The van der Waals surface area contributed by atoms with E-state index in [1.807, 2.05) is 0 Å². The average Bonchev–Trinajstić information content (AvgIpc) is 2.26. The minimum absolute atomic E-state index is 0.108. The van der Waals surface area contributed by atoms with Crippen molar-refractivity contribution < 1.29 is 23.5 Å². The van der Waals surface area contributed by atoms with Gasteiger partial charge in [0, 0.05) is 0 Å². The number of benzene rings is 1. The molecule has 0 bridgehead atoms. The topological polar surface area (TPSA) is 72.8 Å². The quantitative estimate of drug-likeness (QED) is 0.654. The molecule has 0 radical (unpaired) electrons. The van der Waals surface area contributed by atoms with Crippen molar-refractivity contribution in [3.05, 3.63) is 35.4 Å². The molecule has 2 rings (SSSR count). The number of hydrogen-bond donors (Lipinski definition) is 1. The van der Waals surface area contributed by atoms with E-state index in [1.54, 1.807) is 12.1 Å². The van der Waals surface area contributed by atoms with Gasteiger partial charge in [0.25, 0.3) is 0 Å². The van der Waals surface area contributed by atoms with E-state index in [9.17, 15) is 9.59 Å². The first-order chi connectivity index (χ1) is 6.68. The van der Waals surface area contributed by atoms with Gasteiger partial charge in [0.15, 0.2) is 0 Å². The summed E-state index contributed by atoms with van der Waals surface area (Å²) in [5.74, 6) is -1.50. The predicted octanol–water partition coefficient (Wildman–Crippen LogP) is 1.23. The zero-order valence-electron chi connectivity index (χ0n) is 6.84. The minimum Gasteiger partial charge on any atom is -0.381 e. The largest absolute Gasteiger partial charge is 0.465 e. The second kappa shape index (κ2) is 3.36. The van der Waals surface area contributed by atoms with Crippen LogP contribution in [0.25, 0.3) is 0 Å². The monoisotopic (exact) mass is 212 g/mol. The Labute approximate surface area is 80.3 Å². The summed E-state index contributed by atoms with van der Waals surface area (Å²) in [6.45, 7) is 0. The molecule has 14 heavy (non-hydrogen) atoms. The highest BCUT2D eigenvalue weighted by molar-refractivity contribution is 7.42. The van der Waals surface area contributed by atoms with Crippen molar-refractivity contribution in [1.82, 2.24) is 0 Å². The second-order valence-corrected chi connectivity index (χ2v) is 3.38. The third-order valence-corrected chi connectivity index (χ3v) is 2.33. The molecule has 6 heteroatoms. The van der Waals surface area contributed by atoms with E-state index >= 15 is 0 Å². The van der Waals surface area contributed by atoms with E-state index in [4.69, 9.17) is 4.89 Å². The van der Waals surface area contributed by atoms with Crippen LogP contribution in [0.5, 0.6) is 0 Å². The van der Waals surface area contributed by atoms with Crippen LogP contribution < -0.4 is 0 Å². The van der Waals surface area contributed by atoms with Crippen molar-refractivity contribution in [3.63, 3.8) is 0 Å². The Balaban J connectivity index is 2.53. The summed E-state index contributed by atoms with van der Waals surface area (Å²) in [6.07, 6.45) is 0. The summed E-state index contributed by atoms with van der Waals surface area (Å²) in [4.78, 5) is 31.5. The maximum Gasteiger partial charge on any atom is 0.465 e. The summed E-state index contributed by atoms with van der Waals surface area (Å²) >= 11 is 0. The molecule has 0 saturated carbocycles. The van der Waals surface area contributed by atoms with Crippen molar-refractivity contribution in [2.75, 3.05) is 0 Å². The summed E-state index contributed by atoms with van der Waals surface area (Å²) in [5.41, 5.74) is 0.216. The molecular formula is C8H5O5P. The van der Waals surface area contributed by atoms with Gasteiger partial charge < -0.3 is 13.9 Å². The molecule has 1 heterocycles. The molecule has 1 N–H and O–H groups in total. The van der Waals surface area contributed by atoms with Crippen LogP contribution in [0.4, 0.5) is 0 Å². The molecule has 0 aromatic heterocycles. The third-order valence-electron chi connectivity index (χ3n) is 1.69. The van der Waals surface area contributed by atoms with Crippen molar-refractivity contribution in [3.8, 4) is 0 Å². The van der Waals surface area contributed by atoms with Crippen LogP contribution in [0.3, 0.4) is 0 Å². The number of fused-ring (bicyclic) bond motifs is 1. The van der Waals surface area contributed by atoms with Crippen molar-refractivity contribution >= 4 is 20.5 Å². The number of carbonyl (C=O) groups excluding carboxylic acids is 2. The van der Waals surface area contributed by atoms with Gasteiger partial charge in [-0.2, -0.15) is 0 Å². The normalized spacial score (nSPS) is 16.6. The van der Waals surface area contributed by atoms with Crippen LogP contribution in [0.2, 0.25) is 0 Å². The Morgan fingerprint density at radius 2 is 1.43 bits per heavy atom. The summed E-state index contributed by atoms with van der Waals surface area (Å²) in [5, 5.41) is 0. The van der Waals surface area contributed by atoms with Gasteiger partial charge in [0.1, 0.15) is 0 Å². The summed E-state index contributed by atoms with van der Waals surface area (Å²) < 4.78 is 8.89. The predicted molar refractivity (Wildman–Crippen MR) is 46.4 cm³/mol. The van der Waals surface area contributed by atoms with Crippen LogP contribution in [0.15, 0.2) is 24.3 Å². The van der Waals surface area contributed by atoms with E-state index < -0.39 is 20.5 Å². The van der Waals surface area contributed by atoms with E-state index in [1.165, 1.54) is 12.1 Å². The summed E-state index contributed by atoms with van der Waals surface area (Å²) in [7, 11) is -2.44. The van der Waals surface area contributed by atoms with Crippen LogP contribution in [0, 0.1) is 0 Å². The van der Waals surface area contributed by atoms with Gasteiger partial charge in [-0.25, -0.2) is 9.59 Å². The highest BCUT2D eigenvalue weighted by atomic mass is 31.2. The highest BCUT2D eigenvalue weighted by Crippen LogP contribution is 2.38. The second-order valence-electron chi connectivity index (χ2n) is 2.54. The number of hydrogen-bond acceptors (Lipinski definition) is 5. The maximum absolute atomic E-state index is 11.3. The average molecular weight is 212 g/mol. The first kappa shape index (κ1) is 9.12. The fraction of sp³-hybridized carbons (Fsp3) is 0. The van der Waals surface area contributed by atoms with E-state index in [-0.39, 0.29) is 11.1 Å². The molecule has 0 amide bonds. The van der Waals surface area contributed by atoms with Crippen molar-refractivity contribution in [2.45, 2.75) is 0 Å². The van der Waals surface area contributed by atoms with Gasteiger partial charge >= 0.3 is 20.5 Å². The molecule has 5 nitrogen and oxygen atoms in total. The molecular weight excluding hydrogens is 207 g/mol. The number of rotatable bonds is 0. The first-order valence-corrected chi connectivity index (χ1v) is 4.84. The van der Waals surface area contributed by atoms with Gasteiger partial charge in [0.05, 0.1) is 11.1 Å². The third kappa shape index (κ3) is 1.47. The fourth-order valence-electron chi connectivity index (χ4n) is 1.10. The Morgan fingerprint density at radius 3 is 1.86 bits per heavy atom. The molecule has 0 aliphatic carbocycles. The molecule has 1 aliphatic rings. The SMILES string of the molecule is O=C1OP(O)OC(=O)c2ccccc21. The van der Waals surface area contributed by atoms with Gasteiger partial charge in [0.2, 0.25) is 0 Å². The molecule has 0 unspecified atom stereocenters. The lowest BCUT2D eigenvalue weighted by atomic mass is 10.1. The Bertz CT molecular complexity index is 365. The van der Waals surface area contributed by atoms with Crippen LogP contribution >= 0.6 is 8.60 Å². The molecule has 0 atom stereocenters. The van der Waals surface area contributed by atoms with Crippen molar-refractivity contribution in [2.24, 2.45) is 0 Å². The lowest BCUT2D eigenvalue weighted by Crippen LogP contribution is -2.04. The molecule has 1 aromatic rings. The van der Waals surface area contributed by atoms with Gasteiger partial charge in [-0.15, -0.1) is 0 Å². The van der Waals surface area contributed by atoms with E-state index in [2.05, 4.69) is 9.05 Å². The molecule has 1 aromatic carbocycles. The number of carbonyl (C=O) groups is 2. The highest BCUT2D eigenvalue weighted by Gasteiger charge is 2.29. The van der Waals surface area contributed by atoms with Gasteiger partial charge in [-0.05, 0) is 12.1 Å². The van der Waals surface area contributed by atoms with E-state index in [0.29, 0.717) is 0 Å². The zero-order valence-corrected chi connectivity index (χ0v) is 7.73. The standard InChI is InChI=1S/C8H5O5P/c9-7-5-3-1-2-4-6(5)8(10)13-14(11)12-7/h1-4,11H. The Kier molecular flexibility index (Phi) is 2.19. The molecule has 0 fully saturated rings. The van der Waals surface area contributed by atoms with Crippen LogP contribution in [-0.2, 0) is 9.05 Å². The van der Waals surface area contributed by atoms with E-state index in [0.717, 1.165) is 0 Å². The molecule has 0 saturated heterocycles. The molecule has 0 spiro atoms. The van der Waals surface area contributed by atoms with Crippen molar-refractivity contribution in [1.29, 1.82) is 0 Å². The molecule has 72 valence electrons. The van der Waals surface area contributed by atoms with Crippen LogP contribution in [-0.4, -0.2) is 16.8 Å². The van der Waals surface area contributed by atoms with Gasteiger partial charge in [-0.1, -0.05) is 12.1 Å². The summed E-state index contributed by atoms with van der Waals surface area (Å²) in [6, 6.07) is 6.07. The maximum atomic E-state index is 11.3. The molecule has 1 aliphatic heterocycles. The Morgan fingerprint density at radius 1 is 1.00 bits per heavy atom. The zero-order chi connectivity index (χ0) is 10.1. The minimum atomic E-state index is -2.44. The fourth-order valence-corrected chi connectivity index (χ4v) is 1.62. The van der Waals surface area contributed by atoms with Gasteiger partial charge in [-0.3, -0.25) is 0 Å².